The van der Waals surface area contributed by atoms with Crippen molar-refractivity contribution < 1.29 is 22.6 Å². The quantitative estimate of drug-likeness (QED) is 0.641. The van der Waals surface area contributed by atoms with E-state index in [1.165, 1.54) is 0 Å². The van der Waals surface area contributed by atoms with Crippen molar-refractivity contribution >= 4 is 0 Å². The van der Waals surface area contributed by atoms with Crippen LogP contribution in [0.4, 0.5) is 13.2 Å². The molecule has 1 atom stereocenters. The smallest absolute Gasteiger partial charge is 0.383 e. The Bertz CT molecular complexity index is 153. The Labute approximate surface area is 87.9 Å². The van der Waals surface area contributed by atoms with Crippen LogP contribution < -0.4 is 5.32 Å². The molecule has 0 heterocycles. The molecular weight excluding hydrogens is 211 g/mol. The van der Waals surface area contributed by atoms with Gasteiger partial charge in [-0.2, -0.15) is 13.2 Å². The number of likely N-dealkylation sites (N-methyl/N-ethyl adjacent to an activating group) is 1. The van der Waals surface area contributed by atoms with Crippen molar-refractivity contribution in [3.63, 3.8) is 0 Å². The molecule has 0 saturated carbocycles. The van der Waals surface area contributed by atoms with Gasteiger partial charge in [-0.15, -0.1) is 0 Å². The minimum Gasteiger partial charge on any atom is -0.383 e. The highest BCUT2D eigenvalue weighted by Crippen LogP contribution is 2.14. The van der Waals surface area contributed by atoms with Gasteiger partial charge >= 0.3 is 6.18 Å². The molecule has 0 aromatic rings. The van der Waals surface area contributed by atoms with E-state index in [1.807, 2.05) is 0 Å². The molecule has 3 nitrogen and oxygen atoms in total. The maximum Gasteiger partial charge on any atom is 0.411 e. The molecule has 0 fully saturated rings. The summed E-state index contributed by atoms with van der Waals surface area (Å²) < 4.78 is 44.4. The zero-order chi connectivity index (χ0) is 11.7. The molecule has 92 valence electrons. The van der Waals surface area contributed by atoms with Crippen LogP contribution in [0.3, 0.4) is 0 Å². The fourth-order valence-corrected chi connectivity index (χ4v) is 1.13. The third kappa shape index (κ3) is 9.96. The fourth-order valence-electron chi connectivity index (χ4n) is 1.13. The first-order chi connectivity index (χ1) is 6.99. The summed E-state index contributed by atoms with van der Waals surface area (Å²) in [6, 6.07) is 0.171. The highest BCUT2D eigenvalue weighted by Gasteiger charge is 2.27. The standard InChI is InChI=1S/C9H18F3NO2/c1-13-8(6-14-2)4-3-5-15-7-9(10,11)12/h8,13H,3-7H2,1-2H3. The Morgan fingerprint density at radius 2 is 2.00 bits per heavy atom. The molecule has 0 bridgehead atoms. The minimum atomic E-state index is -4.23. The van der Waals surface area contributed by atoms with E-state index < -0.39 is 12.8 Å². The van der Waals surface area contributed by atoms with Gasteiger partial charge in [0.1, 0.15) is 6.61 Å². The number of nitrogens with one attached hydrogen (secondary N) is 1. The summed E-state index contributed by atoms with van der Waals surface area (Å²) >= 11 is 0. The van der Waals surface area contributed by atoms with Gasteiger partial charge in [-0.3, -0.25) is 0 Å². The van der Waals surface area contributed by atoms with E-state index in [4.69, 9.17) is 4.74 Å². The van der Waals surface area contributed by atoms with Crippen LogP contribution in [-0.2, 0) is 9.47 Å². The highest BCUT2D eigenvalue weighted by molar-refractivity contribution is 4.62. The number of rotatable bonds is 8. The van der Waals surface area contributed by atoms with Crippen LogP contribution in [0.25, 0.3) is 0 Å². The van der Waals surface area contributed by atoms with E-state index in [2.05, 4.69) is 10.1 Å². The van der Waals surface area contributed by atoms with Crippen LogP contribution in [-0.4, -0.2) is 46.2 Å². The second-order valence-corrected chi connectivity index (χ2v) is 3.25. The highest BCUT2D eigenvalue weighted by atomic mass is 19.4. The second-order valence-electron chi connectivity index (χ2n) is 3.25. The molecular formula is C9H18F3NO2. The number of hydrogen-bond donors (Lipinski definition) is 1. The predicted molar refractivity (Wildman–Crippen MR) is 50.8 cm³/mol. The minimum absolute atomic E-state index is 0.126. The lowest BCUT2D eigenvalue weighted by molar-refractivity contribution is -0.174. The summed E-state index contributed by atoms with van der Waals surface area (Å²) in [5, 5.41) is 3.01. The van der Waals surface area contributed by atoms with Crippen LogP contribution in [0.15, 0.2) is 0 Å². The largest absolute Gasteiger partial charge is 0.411 e. The van der Waals surface area contributed by atoms with Gasteiger partial charge in [0.25, 0.3) is 0 Å². The van der Waals surface area contributed by atoms with Gasteiger partial charge in [0, 0.05) is 19.8 Å². The van der Waals surface area contributed by atoms with E-state index in [-0.39, 0.29) is 12.6 Å². The van der Waals surface area contributed by atoms with E-state index in [0.29, 0.717) is 13.0 Å². The first kappa shape index (κ1) is 14.7. The van der Waals surface area contributed by atoms with Crippen molar-refractivity contribution in [3.05, 3.63) is 0 Å². The molecule has 0 aliphatic rings. The summed E-state index contributed by atoms with van der Waals surface area (Å²) in [5.41, 5.74) is 0. The monoisotopic (exact) mass is 229 g/mol. The molecule has 0 aliphatic heterocycles. The molecule has 6 heteroatoms. The van der Waals surface area contributed by atoms with Crippen molar-refractivity contribution in [2.45, 2.75) is 25.1 Å². The van der Waals surface area contributed by atoms with Crippen LogP contribution in [0, 0.1) is 0 Å². The summed E-state index contributed by atoms with van der Waals surface area (Å²) in [6.45, 7) is -0.487. The van der Waals surface area contributed by atoms with Gasteiger partial charge in [0.15, 0.2) is 0 Å². The van der Waals surface area contributed by atoms with Gasteiger partial charge in [0.05, 0.1) is 6.61 Å². The number of hydrogen-bond acceptors (Lipinski definition) is 3. The molecule has 0 saturated heterocycles. The summed E-state index contributed by atoms with van der Waals surface area (Å²) in [4.78, 5) is 0. The van der Waals surface area contributed by atoms with E-state index >= 15 is 0 Å². The van der Waals surface area contributed by atoms with E-state index in [1.54, 1.807) is 14.2 Å². The van der Waals surface area contributed by atoms with Crippen molar-refractivity contribution in [1.82, 2.24) is 5.32 Å². The van der Waals surface area contributed by atoms with Crippen molar-refractivity contribution in [2.24, 2.45) is 0 Å². The average Bonchev–Trinajstić information content (AvgIpc) is 2.14. The zero-order valence-corrected chi connectivity index (χ0v) is 9.06. The number of methoxy groups -OCH3 is 1. The lowest BCUT2D eigenvalue weighted by atomic mass is 10.2. The van der Waals surface area contributed by atoms with Gasteiger partial charge in [0.2, 0.25) is 0 Å². The lowest BCUT2D eigenvalue weighted by Gasteiger charge is -2.14. The zero-order valence-electron chi connectivity index (χ0n) is 9.06. The molecule has 0 spiro atoms. The van der Waals surface area contributed by atoms with Crippen molar-refractivity contribution in [3.8, 4) is 0 Å². The maximum atomic E-state index is 11.7. The van der Waals surface area contributed by atoms with Crippen LogP contribution >= 0.6 is 0 Å². The number of halogens is 3. The summed E-state index contributed by atoms with van der Waals surface area (Å²) in [6.07, 6.45) is -2.90. The van der Waals surface area contributed by atoms with Gasteiger partial charge < -0.3 is 14.8 Å². The van der Waals surface area contributed by atoms with E-state index in [0.717, 1.165) is 6.42 Å². The van der Waals surface area contributed by atoms with Crippen LogP contribution in [0.5, 0.6) is 0 Å². The molecule has 0 aromatic heterocycles. The molecule has 0 amide bonds. The Hall–Kier alpha value is -0.330. The first-order valence-corrected chi connectivity index (χ1v) is 4.80. The average molecular weight is 229 g/mol. The molecule has 0 radical (unpaired) electrons. The molecule has 1 N–H and O–H groups in total. The second kappa shape index (κ2) is 7.90. The van der Waals surface area contributed by atoms with Crippen LogP contribution in [0.2, 0.25) is 0 Å². The Kier molecular flexibility index (Phi) is 7.72. The lowest BCUT2D eigenvalue weighted by Crippen LogP contribution is -2.30. The summed E-state index contributed by atoms with van der Waals surface area (Å²) in [5.74, 6) is 0. The first-order valence-electron chi connectivity index (χ1n) is 4.80. The summed E-state index contributed by atoms with van der Waals surface area (Å²) in [7, 11) is 3.38. The predicted octanol–water partition coefficient (Wildman–Crippen LogP) is 1.58. The van der Waals surface area contributed by atoms with E-state index in [9.17, 15) is 13.2 Å². The van der Waals surface area contributed by atoms with Crippen molar-refractivity contribution in [1.29, 1.82) is 0 Å². The molecule has 1 unspecified atom stereocenters. The maximum absolute atomic E-state index is 11.7. The SMILES string of the molecule is CNC(CCCOCC(F)(F)F)COC. The van der Waals surface area contributed by atoms with Gasteiger partial charge in [-0.25, -0.2) is 0 Å². The number of ether oxygens (including phenoxy) is 2. The van der Waals surface area contributed by atoms with Gasteiger partial charge in [-0.05, 0) is 19.9 Å². The Balaban J connectivity index is 3.36. The Morgan fingerprint density at radius 1 is 1.33 bits per heavy atom. The third-order valence-electron chi connectivity index (χ3n) is 1.88. The fraction of sp³-hybridized carbons (Fsp3) is 1.00. The van der Waals surface area contributed by atoms with Gasteiger partial charge in [-0.1, -0.05) is 0 Å². The Morgan fingerprint density at radius 3 is 2.47 bits per heavy atom. The molecule has 15 heavy (non-hydrogen) atoms. The molecule has 0 rings (SSSR count). The normalized spacial score (nSPS) is 14.2. The van der Waals surface area contributed by atoms with Crippen LogP contribution in [0.1, 0.15) is 12.8 Å². The molecule has 0 aliphatic carbocycles. The van der Waals surface area contributed by atoms with Crippen molar-refractivity contribution in [2.75, 3.05) is 34.0 Å². The number of alkyl halides is 3. The third-order valence-corrected chi connectivity index (χ3v) is 1.88. The molecule has 0 aromatic carbocycles. The topological polar surface area (TPSA) is 30.5 Å².